The van der Waals surface area contributed by atoms with E-state index in [2.05, 4.69) is 4.74 Å². The lowest BCUT2D eigenvalue weighted by Gasteiger charge is -2.11. The molecule has 14 heavy (non-hydrogen) atoms. The van der Waals surface area contributed by atoms with Crippen molar-refractivity contribution in [3.8, 4) is 5.75 Å². The monoisotopic (exact) mass is 196 g/mol. The predicted octanol–water partition coefficient (Wildman–Crippen LogP) is 1.19. The summed E-state index contributed by atoms with van der Waals surface area (Å²) in [6.07, 6.45) is -0.958. The summed E-state index contributed by atoms with van der Waals surface area (Å²) in [6.45, 7) is 1.47. The van der Waals surface area contributed by atoms with E-state index in [0.717, 1.165) is 0 Å². The van der Waals surface area contributed by atoms with E-state index in [0.29, 0.717) is 11.3 Å². The zero-order valence-corrected chi connectivity index (χ0v) is 8.06. The average Bonchev–Trinajstić information content (AvgIpc) is 2.16. The maximum Gasteiger partial charge on any atom is 0.341 e. The summed E-state index contributed by atoms with van der Waals surface area (Å²) in [5, 5.41) is 9.01. The summed E-state index contributed by atoms with van der Waals surface area (Å²) >= 11 is 0. The van der Waals surface area contributed by atoms with E-state index in [1.54, 1.807) is 24.3 Å². The normalized spacial score (nSPS) is 11.9. The molecule has 4 nitrogen and oxygen atoms in total. The highest BCUT2D eigenvalue weighted by molar-refractivity contribution is 5.92. The van der Waals surface area contributed by atoms with Crippen molar-refractivity contribution in [1.29, 1.82) is 0 Å². The molecule has 0 saturated carbocycles. The Balaban J connectivity index is 2.97. The van der Waals surface area contributed by atoms with Crippen molar-refractivity contribution in [2.24, 2.45) is 0 Å². The first-order chi connectivity index (χ1) is 6.65. The van der Waals surface area contributed by atoms with Crippen LogP contribution < -0.4 is 4.74 Å². The van der Waals surface area contributed by atoms with E-state index in [9.17, 15) is 4.79 Å². The molecule has 0 bridgehead atoms. The van der Waals surface area contributed by atoms with Gasteiger partial charge in [-0.05, 0) is 19.1 Å². The Hall–Kier alpha value is -1.55. The van der Waals surface area contributed by atoms with Crippen molar-refractivity contribution in [3.05, 3.63) is 29.8 Å². The highest BCUT2D eigenvalue weighted by atomic mass is 16.6. The molecule has 0 aromatic heterocycles. The molecule has 1 unspecified atom stereocenters. The van der Waals surface area contributed by atoms with Crippen LogP contribution in [0.3, 0.4) is 0 Å². The number of methoxy groups -OCH3 is 1. The smallest absolute Gasteiger partial charge is 0.341 e. The number of benzene rings is 1. The van der Waals surface area contributed by atoms with Gasteiger partial charge in [0.1, 0.15) is 11.3 Å². The fraction of sp³-hybridized carbons (Fsp3) is 0.300. The van der Waals surface area contributed by atoms with Gasteiger partial charge in [-0.25, -0.2) is 4.79 Å². The van der Waals surface area contributed by atoms with Crippen molar-refractivity contribution in [2.75, 3.05) is 7.11 Å². The summed E-state index contributed by atoms with van der Waals surface area (Å²) in [5.74, 6) is -0.171. The molecule has 4 heteroatoms. The van der Waals surface area contributed by atoms with Crippen molar-refractivity contribution in [1.82, 2.24) is 0 Å². The molecule has 0 spiro atoms. The molecule has 0 aliphatic heterocycles. The average molecular weight is 196 g/mol. The highest BCUT2D eigenvalue weighted by Crippen LogP contribution is 2.19. The van der Waals surface area contributed by atoms with Crippen LogP contribution >= 0.6 is 0 Å². The van der Waals surface area contributed by atoms with Crippen LogP contribution in [-0.4, -0.2) is 24.5 Å². The number of rotatable bonds is 3. The molecule has 0 aliphatic rings. The summed E-state index contributed by atoms with van der Waals surface area (Å²) in [6, 6.07) is 6.58. The van der Waals surface area contributed by atoms with Crippen LogP contribution in [-0.2, 0) is 4.74 Å². The quantitative estimate of drug-likeness (QED) is 0.582. The summed E-state index contributed by atoms with van der Waals surface area (Å²) < 4.78 is 9.58. The van der Waals surface area contributed by atoms with Crippen LogP contribution in [0.25, 0.3) is 0 Å². The number of aliphatic hydroxyl groups is 1. The third-order valence-electron chi connectivity index (χ3n) is 1.59. The first-order valence-corrected chi connectivity index (χ1v) is 4.17. The SMILES string of the molecule is COC(=O)c1ccccc1OC(C)O. The van der Waals surface area contributed by atoms with Gasteiger partial charge in [0.05, 0.1) is 7.11 Å². The highest BCUT2D eigenvalue weighted by Gasteiger charge is 2.12. The molecule has 1 aromatic rings. The molecule has 0 heterocycles. The number of aliphatic hydroxyl groups excluding tert-OH is 1. The van der Waals surface area contributed by atoms with Crippen LogP contribution in [0.5, 0.6) is 5.75 Å². The maximum absolute atomic E-state index is 11.2. The van der Waals surface area contributed by atoms with Gasteiger partial charge in [0.25, 0.3) is 0 Å². The van der Waals surface area contributed by atoms with E-state index in [1.807, 2.05) is 0 Å². The molecule has 0 radical (unpaired) electrons. The third kappa shape index (κ3) is 2.47. The fourth-order valence-corrected chi connectivity index (χ4v) is 1.03. The van der Waals surface area contributed by atoms with Crippen LogP contribution in [0.15, 0.2) is 24.3 Å². The molecule has 0 amide bonds. The molecule has 0 aliphatic carbocycles. The van der Waals surface area contributed by atoms with Gasteiger partial charge < -0.3 is 14.6 Å². The molecular weight excluding hydrogens is 184 g/mol. The lowest BCUT2D eigenvalue weighted by atomic mass is 10.2. The standard InChI is InChI=1S/C10H12O4/c1-7(11)14-9-6-4-3-5-8(9)10(12)13-2/h3-7,11H,1-2H3. The van der Waals surface area contributed by atoms with E-state index < -0.39 is 12.3 Å². The van der Waals surface area contributed by atoms with Crippen molar-refractivity contribution in [2.45, 2.75) is 13.2 Å². The Morgan fingerprint density at radius 2 is 2.07 bits per heavy atom. The van der Waals surface area contributed by atoms with Gasteiger partial charge in [-0.2, -0.15) is 0 Å². The maximum atomic E-state index is 11.2. The number of carbonyl (C=O) groups is 1. The summed E-state index contributed by atoms with van der Waals surface area (Å²) in [4.78, 5) is 11.2. The molecule has 0 saturated heterocycles. The minimum Gasteiger partial charge on any atom is -0.465 e. The van der Waals surface area contributed by atoms with Gasteiger partial charge >= 0.3 is 5.97 Å². The number of para-hydroxylation sites is 1. The van der Waals surface area contributed by atoms with Crippen LogP contribution in [0, 0.1) is 0 Å². The second-order valence-corrected chi connectivity index (χ2v) is 2.70. The van der Waals surface area contributed by atoms with Crippen molar-refractivity contribution in [3.63, 3.8) is 0 Å². The van der Waals surface area contributed by atoms with Gasteiger partial charge in [-0.1, -0.05) is 12.1 Å². The van der Waals surface area contributed by atoms with Crippen LogP contribution in [0.1, 0.15) is 17.3 Å². The molecule has 1 atom stereocenters. The molecule has 1 rings (SSSR count). The fourth-order valence-electron chi connectivity index (χ4n) is 1.03. The van der Waals surface area contributed by atoms with E-state index >= 15 is 0 Å². The van der Waals surface area contributed by atoms with Crippen LogP contribution in [0.4, 0.5) is 0 Å². The second-order valence-electron chi connectivity index (χ2n) is 2.70. The Labute approximate surface area is 82.1 Å². The first-order valence-electron chi connectivity index (χ1n) is 4.17. The lowest BCUT2D eigenvalue weighted by Crippen LogP contribution is -2.13. The molecule has 1 aromatic carbocycles. The van der Waals surface area contributed by atoms with Gasteiger partial charge in [0.2, 0.25) is 0 Å². The largest absolute Gasteiger partial charge is 0.465 e. The van der Waals surface area contributed by atoms with Gasteiger partial charge in [-0.15, -0.1) is 0 Å². The lowest BCUT2D eigenvalue weighted by molar-refractivity contribution is -0.00136. The molecule has 0 fully saturated rings. The number of hydrogen-bond donors (Lipinski definition) is 1. The predicted molar refractivity (Wildman–Crippen MR) is 50.1 cm³/mol. The van der Waals surface area contributed by atoms with Crippen LogP contribution in [0.2, 0.25) is 0 Å². The number of esters is 1. The molecular formula is C10H12O4. The zero-order valence-electron chi connectivity index (χ0n) is 8.06. The topological polar surface area (TPSA) is 55.8 Å². The van der Waals surface area contributed by atoms with Gasteiger partial charge in [-0.3, -0.25) is 0 Å². The third-order valence-corrected chi connectivity index (χ3v) is 1.59. The number of carbonyl (C=O) groups excluding carboxylic acids is 1. The van der Waals surface area contributed by atoms with E-state index in [-0.39, 0.29) is 0 Å². The molecule has 76 valence electrons. The van der Waals surface area contributed by atoms with E-state index in [1.165, 1.54) is 14.0 Å². The van der Waals surface area contributed by atoms with Gasteiger partial charge in [0.15, 0.2) is 6.29 Å². The zero-order chi connectivity index (χ0) is 10.6. The minimum absolute atomic E-state index is 0.302. The number of ether oxygens (including phenoxy) is 2. The Kier molecular flexibility index (Phi) is 3.48. The minimum atomic E-state index is -0.958. The Morgan fingerprint density at radius 1 is 1.43 bits per heavy atom. The summed E-state index contributed by atoms with van der Waals surface area (Å²) in [5.41, 5.74) is 0.302. The Morgan fingerprint density at radius 3 is 2.64 bits per heavy atom. The van der Waals surface area contributed by atoms with E-state index in [4.69, 9.17) is 9.84 Å². The number of hydrogen-bond acceptors (Lipinski definition) is 4. The van der Waals surface area contributed by atoms with Crippen molar-refractivity contribution >= 4 is 5.97 Å². The Bertz CT molecular complexity index is 320. The van der Waals surface area contributed by atoms with Crippen molar-refractivity contribution < 1.29 is 19.4 Å². The first kappa shape index (κ1) is 10.5. The van der Waals surface area contributed by atoms with Gasteiger partial charge in [0, 0.05) is 0 Å². The second kappa shape index (κ2) is 4.62. The molecule has 1 N–H and O–H groups in total. The summed E-state index contributed by atoms with van der Waals surface area (Å²) in [7, 11) is 1.29.